The van der Waals surface area contributed by atoms with Gasteiger partial charge in [-0.25, -0.2) is 0 Å². The Labute approximate surface area is 160 Å². The largest absolute Gasteiger partial charge is 0.508 e. The van der Waals surface area contributed by atoms with Crippen molar-refractivity contribution >= 4 is 5.78 Å². The highest BCUT2D eigenvalue weighted by Crippen LogP contribution is 2.14. The summed E-state index contributed by atoms with van der Waals surface area (Å²) in [6.07, 6.45) is 20.3. The molecule has 146 valence electrons. The van der Waals surface area contributed by atoms with Crippen LogP contribution in [0.5, 0.6) is 5.75 Å². The third-order valence-electron chi connectivity index (χ3n) is 4.82. The topological polar surface area (TPSA) is 37.3 Å². The molecule has 0 saturated carbocycles. The maximum atomic E-state index is 11.9. The van der Waals surface area contributed by atoms with Crippen molar-refractivity contribution in [2.24, 2.45) is 0 Å². The number of benzene rings is 1. The number of allylic oxidation sites excluding steroid dienone is 2. The molecule has 0 saturated heterocycles. The van der Waals surface area contributed by atoms with E-state index in [1.165, 1.54) is 56.9 Å². The number of phenols is 1. The van der Waals surface area contributed by atoms with E-state index in [1.807, 2.05) is 12.1 Å². The van der Waals surface area contributed by atoms with Gasteiger partial charge < -0.3 is 5.11 Å². The van der Waals surface area contributed by atoms with E-state index in [4.69, 9.17) is 0 Å². The summed E-state index contributed by atoms with van der Waals surface area (Å²) in [4.78, 5) is 11.9. The molecule has 1 aromatic rings. The van der Waals surface area contributed by atoms with Crippen molar-refractivity contribution < 1.29 is 9.90 Å². The number of rotatable bonds is 16. The normalized spacial score (nSPS) is 11.3. The second-order valence-corrected chi connectivity index (χ2v) is 7.33. The van der Waals surface area contributed by atoms with Crippen LogP contribution in [0.2, 0.25) is 0 Å². The van der Waals surface area contributed by atoms with Crippen LogP contribution >= 0.6 is 0 Å². The zero-order chi connectivity index (χ0) is 18.9. The fourth-order valence-electron chi connectivity index (χ4n) is 3.11. The molecule has 0 aliphatic rings. The summed E-state index contributed by atoms with van der Waals surface area (Å²) in [5.41, 5.74) is 1.23. The number of unbranched alkanes of at least 4 members (excludes halogenated alkanes) is 8. The fourth-order valence-corrected chi connectivity index (χ4v) is 3.11. The second kappa shape index (κ2) is 15.7. The molecule has 0 fully saturated rings. The Hall–Kier alpha value is -1.57. The van der Waals surface area contributed by atoms with Gasteiger partial charge in [0.05, 0.1) is 0 Å². The lowest BCUT2D eigenvalue weighted by Gasteiger charge is -2.03. The van der Waals surface area contributed by atoms with Gasteiger partial charge in [0, 0.05) is 12.8 Å². The number of carbonyl (C=O) groups excluding carboxylic acids is 1. The number of phenolic OH excluding ortho intramolecular Hbond substituents is 1. The molecule has 0 aromatic heterocycles. The van der Waals surface area contributed by atoms with Gasteiger partial charge in [0.2, 0.25) is 0 Å². The molecule has 0 spiro atoms. The smallest absolute Gasteiger partial charge is 0.132 e. The van der Waals surface area contributed by atoms with E-state index in [-0.39, 0.29) is 0 Å². The van der Waals surface area contributed by atoms with Crippen molar-refractivity contribution in [3.05, 3.63) is 42.0 Å². The third-order valence-corrected chi connectivity index (χ3v) is 4.82. The van der Waals surface area contributed by atoms with E-state index in [9.17, 15) is 9.90 Å². The van der Waals surface area contributed by atoms with Crippen LogP contribution in [0.3, 0.4) is 0 Å². The second-order valence-electron chi connectivity index (χ2n) is 7.33. The van der Waals surface area contributed by atoms with Gasteiger partial charge in [0.1, 0.15) is 11.5 Å². The Morgan fingerprint density at radius 2 is 1.38 bits per heavy atom. The first kappa shape index (κ1) is 22.5. The van der Waals surface area contributed by atoms with Crippen molar-refractivity contribution in [3.63, 3.8) is 0 Å². The Morgan fingerprint density at radius 3 is 2.08 bits per heavy atom. The lowest BCUT2D eigenvalue weighted by atomic mass is 10.0. The molecule has 0 amide bonds. The van der Waals surface area contributed by atoms with E-state index >= 15 is 0 Å². The number of aryl methyl sites for hydroxylation is 1. The van der Waals surface area contributed by atoms with Crippen LogP contribution in [0, 0.1) is 0 Å². The summed E-state index contributed by atoms with van der Waals surface area (Å²) in [7, 11) is 0. The van der Waals surface area contributed by atoms with Crippen LogP contribution in [-0.4, -0.2) is 10.9 Å². The van der Waals surface area contributed by atoms with E-state index in [2.05, 4.69) is 19.1 Å². The maximum Gasteiger partial charge on any atom is 0.132 e. The molecular formula is C24H38O2. The summed E-state index contributed by atoms with van der Waals surface area (Å²) >= 11 is 0. The number of Topliss-reactive ketones (excluding diaryl/α,β-unsaturated/α-hetero) is 1. The van der Waals surface area contributed by atoms with Crippen LogP contribution in [0.4, 0.5) is 0 Å². The highest BCUT2D eigenvalue weighted by molar-refractivity contribution is 5.78. The first-order chi connectivity index (χ1) is 12.7. The predicted molar refractivity (Wildman–Crippen MR) is 112 cm³/mol. The molecule has 1 rings (SSSR count). The molecular weight excluding hydrogens is 320 g/mol. The van der Waals surface area contributed by atoms with Gasteiger partial charge in [-0.15, -0.1) is 0 Å². The van der Waals surface area contributed by atoms with Gasteiger partial charge in [-0.3, -0.25) is 4.79 Å². The van der Waals surface area contributed by atoms with Gasteiger partial charge >= 0.3 is 0 Å². The minimum Gasteiger partial charge on any atom is -0.508 e. The Balaban J connectivity index is 1.88. The van der Waals surface area contributed by atoms with E-state index in [0.29, 0.717) is 11.5 Å². The van der Waals surface area contributed by atoms with E-state index in [0.717, 1.165) is 38.5 Å². The first-order valence-corrected chi connectivity index (χ1v) is 10.7. The van der Waals surface area contributed by atoms with Gasteiger partial charge in [-0.2, -0.15) is 0 Å². The molecule has 0 bridgehead atoms. The zero-order valence-electron chi connectivity index (χ0n) is 16.7. The summed E-state index contributed by atoms with van der Waals surface area (Å²) in [5, 5.41) is 9.26. The Morgan fingerprint density at radius 1 is 0.808 bits per heavy atom. The van der Waals surface area contributed by atoms with Crippen molar-refractivity contribution in [3.8, 4) is 5.75 Å². The van der Waals surface area contributed by atoms with E-state index in [1.54, 1.807) is 12.1 Å². The van der Waals surface area contributed by atoms with Gasteiger partial charge in [0.25, 0.3) is 0 Å². The number of aromatic hydroxyl groups is 1. The molecule has 0 atom stereocenters. The summed E-state index contributed by atoms with van der Waals surface area (Å²) in [5.74, 6) is 0.738. The van der Waals surface area contributed by atoms with Crippen molar-refractivity contribution in [2.45, 2.75) is 96.8 Å². The molecule has 0 heterocycles. The lowest BCUT2D eigenvalue weighted by Crippen LogP contribution is -1.98. The van der Waals surface area contributed by atoms with Crippen LogP contribution in [-0.2, 0) is 11.2 Å². The molecule has 1 aromatic carbocycles. The van der Waals surface area contributed by atoms with Crippen LogP contribution in [0.15, 0.2) is 36.4 Å². The van der Waals surface area contributed by atoms with Crippen LogP contribution in [0.25, 0.3) is 0 Å². The number of carbonyl (C=O) groups is 1. The molecule has 2 nitrogen and oxygen atoms in total. The third kappa shape index (κ3) is 12.7. The summed E-state index contributed by atoms with van der Waals surface area (Å²) in [6.45, 7) is 2.23. The summed E-state index contributed by atoms with van der Waals surface area (Å²) in [6, 6.07) is 7.36. The average Bonchev–Trinajstić information content (AvgIpc) is 2.65. The lowest BCUT2D eigenvalue weighted by molar-refractivity contribution is -0.119. The molecule has 0 radical (unpaired) electrons. The minimum absolute atomic E-state index is 0.312. The van der Waals surface area contributed by atoms with Crippen LogP contribution < -0.4 is 0 Å². The quantitative estimate of drug-likeness (QED) is 0.251. The summed E-state index contributed by atoms with van der Waals surface area (Å²) < 4.78 is 0. The van der Waals surface area contributed by atoms with Gasteiger partial charge in [0.15, 0.2) is 0 Å². The fraction of sp³-hybridized carbons (Fsp3) is 0.625. The SMILES string of the molecule is CCCCC=CCCCCCCCC(=O)CCCCc1ccc(O)cc1. The zero-order valence-corrected chi connectivity index (χ0v) is 16.7. The highest BCUT2D eigenvalue weighted by Gasteiger charge is 2.02. The number of ketones is 1. The minimum atomic E-state index is 0.312. The molecule has 0 aliphatic heterocycles. The Kier molecular flexibility index (Phi) is 13.5. The molecule has 1 N–H and O–H groups in total. The van der Waals surface area contributed by atoms with Crippen molar-refractivity contribution in [1.82, 2.24) is 0 Å². The highest BCUT2D eigenvalue weighted by atomic mass is 16.3. The molecule has 0 aliphatic carbocycles. The Bertz CT molecular complexity index is 487. The van der Waals surface area contributed by atoms with Crippen LogP contribution in [0.1, 0.15) is 96.0 Å². The molecule has 26 heavy (non-hydrogen) atoms. The number of hydrogen-bond donors (Lipinski definition) is 1. The standard InChI is InChI=1S/C24H38O2/c1-2-3-4-5-6-7-8-9-10-11-12-16-23(25)17-14-13-15-22-18-20-24(26)21-19-22/h5-6,18-21,26H,2-4,7-17H2,1H3. The number of hydrogen-bond acceptors (Lipinski definition) is 2. The molecule has 2 heteroatoms. The predicted octanol–water partition coefficient (Wildman–Crippen LogP) is 7.15. The first-order valence-electron chi connectivity index (χ1n) is 10.7. The van der Waals surface area contributed by atoms with E-state index < -0.39 is 0 Å². The molecule has 0 unspecified atom stereocenters. The van der Waals surface area contributed by atoms with Crippen molar-refractivity contribution in [1.29, 1.82) is 0 Å². The monoisotopic (exact) mass is 358 g/mol. The maximum absolute atomic E-state index is 11.9. The van der Waals surface area contributed by atoms with Crippen molar-refractivity contribution in [2.75, 3.05) is 0 Å². The average molecular weight is 359 g/mol. The van der Waals surface area contributed by atoms with Gasteiger partial charge in [-0.1, -0.05) is 63.3 Å². The van der Waals surface area contributed by atoms with Gasteiger partial charge in [-0.05, 0) is 62.6 Å².